The Labute approximate surface area is 170 Å². The van der Waals surface area contributed by atoms with Crippen LogP contribution in [0.4, 0.5) is 0 Å². The Bertz CT molecular complexity index is 700. The van der Waals surface area contributed by atoms with Gasteiger partial charge in [-0.25, -0.2) is 0 Å². The summed E-state index contributed by atoms with van der Waals surface area (Å²) in [5.74, 6) is 0.357. The highest BCUT2D eigenvalue weighted by Crippen LogP contribution is 2.29. The first-order valence-electron chi connectivity index (χ1n) is 9.21. The lowest BCUT2D eigenvalue weighted by atomic mass is 9.78. The SMILES string of the molecule is C[C@@H]1[C@@H](C)CCC[C@H]1NC(=S)NNC(=O)[C@H](C)NC(=O)c1ccccc1Cl. The monoisotopic (exact) mass is 410 g/mol. The van der Waals surface area contributed by atoms with Crippen LogP contribution in [0.2, 0.25) is 5.02 Å². The Kier molecular flexibility index (Phi) is 7.86. The Morgan fingerprint density at radius 3 is 2.59 bits per heavy atom. The van der Waals surface area contributed by atoms with Gasteiger partial charge in [0.15, 0.2) is 5.11 Å². The highest BCUT2D eigenvalue weighted by atomic mass is 35.5. The van der Waals surface area contributed by atoms with Crippen LogP contribution >= 0.6 is 23.8 Å². The molecular formula is C19H27ClN4O2S. The molecule has 1 aromatic rings. The fourth-order valence-corrected chi connectivity index (χ4v) is 3.63. The molecule has 1 saturated carbocycles. The van der Waals surface area contributed by atoms with Crippen LogP contribution in [0, 0.1) is 11.8 Å². The summed E-state index contributed by atoms with van der Waals surface area (Å²) in [6, 6.07) is 6.22. The number of carbonyl (C=O) groups excluding carboxylic acids is 2. The molecule has 1 aliphatic rings. The molecule has 1 aliphatic carbocycles. The minimum Gasteiger partial charge on any atom is -0.358 e. The third-order valence-electron chi connectivity index (χ3n) is 5.18. The summed E-state index contributed by atoms with van der Waals surface area (Å²) in [4.78, 5) is 24.4. The van der Waals surface area contributed by atoms with Gasteiger partial charge in [0.2, 0.25) is 0 Å². The fraction of sp³-hybridized carbons (Fsp3) is 0.526. The molecule has 0 spiro atoms. The van der Waals surface area contributed by atoms with Crippen molar-refractivity contribution in [2.24, 2.45) is 11.8 Å². The molecule has 1 fully saturated rings. The fourth-order valence-electron chi connectivity index (χ4n) is 3.20. The molecule has 8 heteroatoms. The molecule has 0 radical (unpaired) electrons. The van der Waals surface area contributed by atoms with Crippen molar-refractivity contribution in [3.05, 3.63) is 34.9 Å². The highest BCUT2D eigenvalue weighted by Gasteiger charge is 2.27. The summed E-state index contributed by atoms with van der Waals surface area (Å²) in [7, 11) is 0. The molecule has 0 aromatic heterocycles. The average molecular weight is 411 g/mol. The topological polar surface area (TPSA) is 82.3 Å². The highest BCUT2D eigenvalue weighted by molar-refractivity contribution is 7.80. The van der Waals surface area contributed by atoms with Crippen LogP contribution < -0.4 is 21.5 Å². The van der Waals surface area contributed by atoms with Crippen molar-refractivity contribution in [1.82, 2.24) is 21.5 Å². The zero-order valence-electron chi connectivity index (χ0n) is 15.8. The van der Waals surface area contributed by atoms with Gasteiger partial charge >= 0.3 is 0 Å². The molecular weight excluding hydrogens is 384 g/mol. The second kappa shape index (κ2) is 9.90. The van der Waals surface area contributed by atoms with Gasteiger partial charge in [0.1, 0.15) is 6.04 Å². The van der Waals surface area contributed by atoms with E-state index in [1.807, 2.05) is 0 Å². The normalized spacial score (nSPS) is 23.0. The first kappa shape index (κ1) is 21.4. The van der Waals surface area contributed by atoms with E-state index in [1.165, 1.54) is 12.8 Å². The van der Waals surface area contributed by atoms with Crippen molar-refractivity contribution < 1.29 is 9.59 Å². The van der Waals surface area contributed by atoms with Gasteiger partial charge in [-0.05, 0) is 49.5 Å². The van der Waals surface area contributed by atoms with E-state index in [2.05, 4.69) is 35.3 Å². The maximum atomic E-state index is 12.2. The Balaban J connectivity index is 1.78. The van der Waals surface area contributed by atoms with Gasteiger partial charge in [0.05, 0.1) is 10.6 Å². The molecule has 0 saturated heterocycles. The molecule has 0 bridgehead atoms. The third-order valence-corrected chi connectivity index (χ3v) is 5.73. The lowest BCUT2D eigenvalue weighted by Gasteiger charge is -2.35. The Morgan fingerprint density at radius 2 is 1.89 bits per heavy atom. The van der Waals surface area contributed by atoms with Crippen molar-refractivity contribution in [1.29, 1.82) is 0 Å². The van der Waals surface area contributed by atoms with Crippen LogP contribution in [-0.2, 0) is 4.79 Å². The largest absolute Gasteiger partial charge is 0.358 e. The molecule has 27 heavy (non-hydrogen) atoms. The zero-order valence-corrected chi connectivity index (χ0v) is 17.4. The van der Waals surface area contributed by atoms with Gasteiger partial charge in [-0.15, -0.1) is 0 Å². The molecule has 4 atom stereocenters. The molecule has 2 rings (SSSR count). The summed E-state index contributed by atoms with van der Waals surface area (Å²) in [6.07, 6.45) is 3.47. The quantitative estimate of drug-likeness (QED) is 0.453. The third kappa shape index (κ3) is 6.07. The van der Waals surface area contributed by atoms with E-state index in [4.69, 9.17) is 23.8 Å². The van der Waals surface area contributed by atoms with Crippen LogP contribution in [0.1, 0.15) is 50.4 Å². The van der Waals surface area contributed by atoms with Gasteiger partial charge < -0.3 is 10.6 Å². The van der Waals surface area contributed by atoms with Crippen LogP contribution in [0.25, 0.3) is 0 Å². The molecule has 0 aliphatic heterocycles. The van der Waals surface area contributed by atoms with Crippen molar-refractivity contribution in [3.8, 4) is 0 Å². The number of amides is 2. The summed E-state index contributed by atoms with van der Waals surface area (Å²) in [6.45, 7) is 6.06. The van der Waals surface area contributed by atoms with E-state index in [0.29, 0.717) is 33.6 Å². The number of thiocarbonyl (C=S) groups is 1. The van der Waals surface area contributed by atoms with Crippen molar-refractivity contribution in [2.45, 2.75) is 52.1 Å². The molecule has 1 aromatic carbocycles. The number of carbonyl (C=O) groups is 2. The molecule has 0 unspecified atom stereocenters. The zero-order chi connectivity index (χ0) is 20.0. The van der Waals surface area contributed by atoms with Crippen molar-refractivity contribution in [3.63, 3.8) is 0 Å². The summed E-state index contributed by atoms with van der Waals surface area (Å²) in [5.41, 5.74) is 5.57. The maximum absolute atomic E-state index is 12.2. The van der Waals surface area contributed by atoms with Crippen LogP contribution in [-0.4, -0.2) is 29.0 Å². The van der Waals surface area contributed by atoms with E-state index in [0.717, 1.165) is 6.42 Å². The number of hydrogen-bond acceptors (Lipinski definition) is 3. The van der Waals surface area contributed by atoms with Crippen LogP contribution in [0.5, 0.6) is 0 Å². The number of rotatable bonds is 4. The smallest absolute Gasteiger partial charge is 0.260 e. The minimum absolute atomic E-state index is 0.294. The van der Waals surface area contributed by atoms with Crippen LogP contribution in [0.15, 0.2) is 24.3 Å². The van der Waals surface area contributed by atoms with Crippen molar-refractivity contribution in [2.75, 3.05) is 0 Å². The standard InChI is InChI=1S/C19H27ClN4O2S/c1-11-7-6-10-16(12(11)2)22-19(27)24-23-17(25)13(3)21-18(26)14-8-4-5-9-15(14)20/h4-5,8-9,11-13,16H,6-7,10H2,1-3H3,(H,21,26)(H,23,25)(H2,22,24,27)/t11-,12+,13-,16+/m0/s1. The van der Waals surface area contributed by atoms with Crippen molar-refractivity contribution >= 4 is 40.7 Å². The number of nitrogens with one attached hydrogen (secondary N) is 4. The molecule has 148 valence electrons. The van der Waals surface area contributed by atoms with Gasteiger partial charge in [-0.2, -0.15) is 0 Å². The predicted molar refractivity (Wildman–Crippen MR) is 111 cm³/mol. The Hall–Kier alpha value is -1.86. The van der Waals surface area contributed by atoms with Crippen LogP contribution in [0.3, 0.4) is 0 Å². The van der Waals surface area contributed by atoms with Gasteiger partial charge in [0.25, 0.3) is 11.8 Å². The second-order valence-corrected chi connectivity index (χ2v) is 7.95. The minimum atomic E-state index is -0.752. The Morgan fingerprint density at radius 1 is 1.19 bits per heavy atom. The summed E-state index contributed by atoms with van der Waals surface area (Å²) in [5, 5.41) is 6.59. The van der Waals surface area contributed by atoms with Gasteiger partial charge in [-0.3, -0.25) is 20.4 Å². The molecule has 0 heterocycles. The second-order valence-electron chi connectivity index (χ2n) is 7.14. The lowest BCUT2D eigenvalue weighted by Crippen LogP contribution is -2.55. The molecule has 4 N–H and O–H groups in total. The van der Waals surface area contributed by atoms with E-state index in [1.54, 1.807) is 31.2 Å². The van der Waals surface area contributed by atoms with Gasteiger partial charge in [0, 0.05) is 6.04 Å². The number of hydrogen-bond donors (Lipinski definition) is 4. The lowest BCUT2D eigenvalue weighted by molar-refractivity contribution is -0.123. The summed E-state index contributed by atoms with van der Waals surface area (Å²) < 4.78 is 0. The number of halogens is 1. The molecule has 6 nitrogen and oxygen atoms in total. The first-order valence-corrected chi connectivity index (χ1v) is 10.00. The first-order chi connectivity index (χ1) is 12.8. The van der Waals surface area contributed by atoms with E-state index < -0.39 is 17.9 Å². The van der Waals surface area contributed by atoms with E-state index >= 15 is 0 Å². The maximum Gasteiger partial charge on any atom is 0.260 e. The number of hydrazine groups is 1. The average Bonchev–Trinajstić information content (AvgIpc) is 2.63. The predicted octanol–water partition coefficient (Wildman–Crippen LogP) is 2.78. The van der Waals surface area contributed by atoms with E-state index in [-0.39, 0.29) is 0 Å². The van der Waals surface area contributed by atoms with Gasteiger partial charge in [-0.1, -0.05) is 50.4 Å². The molecule has 2 amide bonds. The number of benzene rings is 1. The van der Waals surface area contributed by atoms with E-state index in [9.17, 15) is 9.59 Å². The summed E-state index contributed by atoms with van der Waals surface area (Å²) >= 11 is 11.3.